The third-order valence-corrected chi connectivity index (χ3v) is 3.61. The van der Waals surface area contributed by atoms with E-state index in [9.17, 15) is 4.79 Å². The van der Waals surface area contributed by atoms with Gasteiger partial charge in [-0.25, -0.2) is 4.79 Å². The van der Waals surface area contributed by atoms with Crippen LogP contribution in [0.1, 0.15) is 24.4 Å². The average Bonchev–Trinajstić information content (AvgIpc) is 3.22. The Labute approximate surface area is 112 Å². The minimum absolute atomic E-state index is 0.121. The van der Waals surface area contributed by atoms with Crippen molar-refractivity contribution in [3.05, 3.63) is 52.7 Å². The summed E-state index contributed by atoms with van der Waals surface area (Å²) in [7, 11) is 1.66. The highest BCUT2D eigenvalue weighted by atomic mass is 16.5. The number of benzene rings is 1. The molecule has 19 heavy (non-hydrogen) atoms. The second kappa shape index (κ2) is 4.96. The Hall–Kier alpha value is -1.97. The van der Waals surface area contributed by atoms with Gasteiger partial charge in [0.25, 0.3) is 0 Å². The fourth-order valence-electron chi connectivity index (χ4n) is 2.27. The van der Waals surface area contributed by atoms with Gasteiger partial charge in [0.2, 0.25) is 0 Å². The number of rotatable bonds is 5. The van der Waals surface area contributed by atoms with Crippen LogP contribution in [0.4, 0.5) is 0 Å². The minimum Gasteiger partial charge on any atom is -0.497 e. The number of aryl methyl sites for hydroxylation is 2. The number of aromatic nitrogens is 2. The van der Waals surface area contributed by atoms with Crippen LogP contribution in [0.2, 0.25) is 0 Å². The first kappa shape index (κ1) is 12.1. The molecular weight excluding hydrogens is 240 g/mol. The molecule has 4 heteroatoms. The van der Waals surface area contributed by atoms with Crippen molar-refractivity contribution in [3.8, 4) is 5.75 Å². The number of methoxy groups -OCH3 is 1. The van der Waals surface area contributed by atoms with E-state index in [0.29, 0.717) is 6.04 Å². The number of ether oxygens (including phenoxy) is 1. The Bertz CT molecular complexity index is 606. The lowest BCUT2D eigenvalue weighted by molar-refractivity contribution is 0.414. The van der Waals surface area contributed by atoms with Gasteiger partial charge in [0.1, 0.15) is 5.75 Å². The molecule has 0 amide bonds. The zero-order valence-electron chi connectivity index (χ0n) is 11.1. The smallest absolute Gasteiger partial charge is 0.328 e. The molecule has 1 aromatic carbocycles. The molecule has 1 heterocycles. The maximum atomic E-state index is 12.1. The molecule has 0 spiro atoms. The lowest BCUT2D eigenvalue weighted by Crippen LogP contribution is -2.24. The van der Waals surface area contributed by atoms with E-state index in [2.05, 4.69) is 0 Å². The summed E-state index contributed by atoms with van der Waals surface area (Å²) >= 11 is 0. The predicted molar refractivity (Wildman–Crippen MR) is 73.7 cm³/mol. The van der Waals surface area contributed by atoms with E-state index < -0.39 is 0 Å². The van der Waals surface area contributed by atoms with Gasteiger partial charge >= 0.3 is 5.69 Å². The fraction of sp³-hybridized carbons (Fsp3) is 0.400. The SMILES string of the molecule is COc1ccc(CCn2ccn(C3CC3)c2=O)cc1. The van der Waals surface area contributed by atoms with E-state index in [0.717, 1.165) is 31.6 Å². The van der Waals surface area contributed by atoms with Crippen LogP contribution in [0.5, 0.6) is 5.75 Å². The van der Waals surface area contributed by atoms with Crippen molar-refractivity contribution in [3.63, 3.8) is 0 Å². The van der Waals surface area contributed by atoms with E-state index >= 15 is 0 Å². The van der Waals surface area contributed by atoms with Gasteiger partial charge in [-0.2, -0.15) is 0 Å². The summed E-state index contributed by atoms with van der Waals surface area (Å²) in [5, 5.41) is 0. The standard InChI is InChI=1S/C15H18N2O2/c1-19-14-6-2-12(3-7-14)8-9-16-10-11-17(15(16)18)13-4-5-13/h2-3,6-7,10-11,13H,4-5,8-9H2,1H3. The Morgan fingerprint density at radius 2 is 1.95 bits per heavy atom. The molecule has 0 aliphatic heterocycles. The van der Waals surface area contributed by atoms with Crippen molar-refractivity contribution in [2.24, 2.45) is 0 Å². The van der Waals surface area contributed by atoms with Gasteiger partial charge in [-0.15, -0.1) is 0 Å². The summed E-state index contributed by atoms with van der Waals surface area (Å²) in [5.74, 6) is 0.862. The summed E-state index contributed by atoms with van der Waals surface area (Å²) < 4.78 is 8.78. The quantitative estimate of drug-likeness (QED) is 0.824. The highest BCUT2D eigenvalue weighted by Gasteiger charge is 2.25. The van der Waals surface area contributed by atoms with Crippen LogP contribution >= 0.6 is 0 Å². The van der Waals surface area contributed by atoms with Gasteiger partial charge in [0.05, 0.1) is 7.11 Å². The molecule has 0 N–H and O–H groups in total. The second-order valence-electron chi connectivity index (χ2n) is 5.01. The number of hydrogen-bond acceptors (Lipinski definition) is 2. The van der Waals surface area contributed by atoms with Gasteiger partial charge in [0.15, 0.2) is 0 Å². The van der Waals surface area contributed by atoms with E-state index in [-0.39, 0.29) is 5.69 Å². The van der Waals surface area contributed by atoms with E-state index in [1.165, 1.54) is 5.56 Å². The molecule has 0 unspecified atom stereocenters. The lowest BCUT2D eigenvalue weighted by Gasteiger charge is -2.04. The topological polar surface area (TPSA) is 36.2 Å². The van der Waals surface area contributed by atoms with Crippen molar-refractivity contribution in [2.45, 2.75) is 31.8 Å². The normalized spacial score (nSPS) is 14.6. The number of nitrogens with zero attached hydrogens (tertiary/aromatic N) is 2. The Kier molecular flexibility index (Phi) is 3.15. The molecular formula is C15H18N2O2. The summed E-state index contributed by atoms with van der Waals surface area (Å²) in [6.45, 7) is 0.727. The molecule has 1 aromatic heterocycles. The Morgan fingerprint density at radius 3 is 2.58 bits per heavy atom. The summed E-state index contributed by atoms with van der Waals surface area (Å²) in [5.41, 5.74) is 1.34. The van der Waals surface area contributed by atoms with Crippen molar-refractivity contribution in [1.29, 1.82) is 0 Å². The van der Waals surface area contributed by atoms with Gasteiger partial charge in [-0.3, -0.25) is 9.13 Å². The van der Waals surface area contributed by atoms with Gasteiger partial charge in [-0.05, 0) is 37.0 Å². The second-order valence-corrected chi connectivity index (χ2v) is 5.01. The molecule has 3 rings (SSSR count). The van der Waals surface area contributed by atoms with Crippen molar-refractivity contribution < 1.29 is 4.74 Å². The Morgan fingerprint density at radius 1 is 1.21 bits per heavy atom. The monoisotopic (exact) mass is 258 g/mol. The molecule has 100 valence electrons. The van der Waals surface area contributed by atoms with Gasteiger partial charge in [-0.1, -0.05) is 12.1 Å². The maximum absolute atomic E-state index is 12.1. The van der Waals surface area contributed by atoms with Crippen LogP contribution < -0.4 is 10.4 Å². The zero-order valence-corrected chi connectivity index (χ0v) is 11.1. The largest absolute Gasteiger partial charge is 0.497 e. The first-order valence-electron chi connectivity index (χ1n) is 6.68. The van der Waals surface area contributed by atoms with Crippen LogP contribution in [-0.2, 0) is 13.0 Å². The third-order valence-electron chi connectivity index (χ3n) is 3.61. The Balaban J connectivity index is 1.66. The third kappa shape index (κ3) is 2.57. The summed E-state index contributed by atoms with van der Waals surface area (Å²) in [6.07, 6.45) is 6.95. The molecule has 1 aliphatic rings. The molecule has 0 radical (unpaired) electrons. The van der Waals surface area contributed by atoms with Crippen LogP contribution in [0, 0.1) is 0 Å². The predicted octanol–water partition coefficient (Wildman–Crippen LogP) is 2.24. The number of imidazole rings is 1. The first-order chi connectivity index (χ1) is 9.28. The minimum atomic E-state index is 0.121. The molecule has 0 bridgehead atoms. The molecule has 2 aromatic rings. The fourth-order valence-corrected chi connectivity index (χ4v) is 2.27. The van der Waals surface area contributed by atoms with Crippen molar-refractivity contribution in [2.75, 3.05) is 7.11 Å². The zero-order chi connectivity index (χ0) is 13.2. The molecule has 1 aliphatic carbocycles. The molecule has 0 atom stereocenters. The van der Waals surface area contributed by atoms with E-state index in [1.807, 2.05) is 41.2 Å². The highest BCUT2D eigenvalue weighted by molar-refractivity contribution is 5.27. The summed E-state index contributed by atoms with van der Waals surface area (Å²) in [4.78, 5) is 12.1. The van der Waals surface area contributed by atoms with Crippen LogP contribution in [0.25, 0.3) is 0 Å². The molecule has 0 saturated heterocycles. The molecule has 4 nitrogen and oxygen atoms in total. The highest BCUT2D eigenvalue weighted by Crippen LogP contribution is 2.33. The maximum Gasteiger partial charge on any atom is 0.328 e. The number of hydrogen-bond donors (Lipinski definition) is 0. The van der Waals surface area contributed by atoms with Gasteiger partial charge in [0, 0.05) is 25.0 Å². The van der Waals surface area contributed by atoms with Crippen molar-refractivity contribution in [1.82, 2.24) is 9.13 Å². The average molecular weight is 258 g/mol. The summed E-state index contributed by atoms with van der Waals surface area (Å²) in [6, 6.07) is 8.44. The van der Waals surface area contributed by atoms with Crippen molar-refractivity contribution >= 4 is 0 Å². The van der Waals surface area contributed by atoms with E-state index in [4.69, 9.17) is 4.74 Å². The molecule has 1 fully saturated rings. The lowest BCUT2D eigenvalue weighted by atomic mass is 10.1. The van der Waals surface area contributed by atoms with E-state index in [1.54, 1.807) is 11.7 Å². The first-order valence-corrected chi connectivity index (χ1v) is 6.68. The van der Waals surface area contributed by atoms with Crippen LogP contribution in [-0.4, -0.2) is 16.2 Å². The van der Waals surface area contributed by atoms with Gasteiger partial charge < -0.3 is 4.74 Å². The van der Waals surface area contributed by atoms with Crippen LogP contribution in [0.15, 0.2) is 41.5 Å². The molecule has 1 saturated carbocycles. The van der Waals surface area contributed by atoms with Crippen LogP contribution in [0.3, 0.4) is 0 Å².